The van der Waals surface area contributed by atoms with Gasteiger partial charge in [0.1, 0.15) is 0 Å². The van der Waals surface area contributed by atoms with Gasteiger partial charge >= 0.3 is 0 Å². The van der Waals surface area contributed by atoms with Gasteiger partial charge in [-0.05, 0) is 31.0 Å². The van der Waals surface area contributed by atoms with Gasteiger partial charge in [-0.15, -0.1) is 0 Å². The number of anilines is 1. The Morgan fingerprint density at radius 1 is 1.29 bits per heavy atom. The minimum atomic E-state index is -0.264. The molecule has 0 aromatic heterocycles. The van der Waals surface area contributed by atoms with Crippen molar-refractivity contribution < 1.29 is 9.59 Å². The highest BCUT2D eigenvalue weighted by Gasteiger charge is 2.34. The lowest BCUT2D eigenvalue weighted by atomic mass is 9.97. The first-order valence-corrected chi connectivity index (χ1v) is 7.51. The largest absolute Gasteiger partial charge is 0.345 e. The molecule has 0 unspecified atom stereocenters. The monoisotopic (exact) mass is 289 g/mol. The van der Waals surface area contributed by atoms with Crippen molar-refractivity contribution in [3.8, 4) is 0 Å². The minimum absolute atomic E-state index is 0.0678. The van der Waals surface area contributed by atoms with Crippen LogP contribution in [-0.4, -0.2) is 23.9 Å². The molecule has 5 nitrogen and oxygen atoms in total. The highest BCUT2D eigenvalue weighted by molar-refractivity contribution is 5.97. The number of rotatable bonds is 5. The van der Waals surface area contributed by atoms with Crippen LogP contribution in [0.2, 0.25) is 0 Å². The number of hydrogen-bond donors (Lipinski definition) is 3. The van der Waals surface area contributed by atoms with Crippen LogP contribution in [0.5, 0.6) is 0 Å². The van der Waals surface area contributed by atoms with E-state index in [1.54, 1.807) is 31.2 Å². The molecule has 0 aliphatic heterocycles. The molecular weight excluding hydrogens is 266 g/mol. The molecule has 1 aromatic rings. The summed E-state index contributed by atoms with van der Waals surface area (Å²) in [5.41, 5.74) is 6.76. The molecular formula is C16H23N3O2. The van der Waals surface area contributed by atoms with Crippen LogP contribution in [0.1, 0.15) is 49.4 Å². The second kappa shape index (κ2) is 6.72. The summed E-state index contributed by atoms with van der Waals surface area (Å²) in [4.78, 5) is 23.8. The Morgan fingerprint density at radius 2 is 2.00 bits per heavy atom. The first kappa shape index (κ1) is 15.5. The molecule has 21 heavy (non-hydrogen) atoms. The standard InChI is InChI=1S/C16H23N3O2/c1-2-14(20)18-13-7-5-6-12(10-13)15(21)19-16(11-17)8-3-4-9-16/h5-7,10H,2-4,8-9,11,17H2,1H3,(H,18,20)(H,19,21). The quantitative estimate of drug-likeness (QED) is 0.775. The zero-order valence-corrected chi connectivity index (χ0v) is 12.4. The summed E-state index contributed by atoms with van der Waals surface area (Å²) in [6.45, 7) is 2.25. The number of carbonyl (C=O) groups excluding carboxylic acids is 2. The first-order chi connectivity index (χ1) is 10.1. The maximum atomic E-state index is 12.4. The van der Waals surface area contributed by atoms with Crippen LogP contribution in [0.4, 0.5) is 5.69 Å². The molecule has 5 heteroatoms. The van der Waals surface area contributed by atoms with Crippen LogP contribution in [-0.2, 0) is 4.79 Å². The van der Waals surface area contributed by atoms with E-state index in [0.29, 0.717) is 24.2 Å². The zero-order valence-electron chi connectivity index (χ0n) is 12.4. The van der Waals surface area contributed by atoms with E-state index in [9.17, 15) is 9.59 Å². The Hall–Kier alpha value is -1.88. The maximum absolute atomic E-state index is 12.4. The van der Waals surface area contributed by atoms with Gasteiger partial charge in [0, 0.05) is 24.2 Å². The van der Waals surface area contributed by atoms with E-state index in [2.05, 4.69) is 10.6 Å². The van der Waals surface area contributed by atoms with E-state index in [-0.39, 0.29) is 17.4 Å². The minimum Gasteiger partial charge on any atom is -0.345 e. The molecule has 2 rings (SSSR count). The van der Waals surface area contributed by atoms with Gasteiger partial charge in [-0.2, -0.15) is 0 Å². The smallest absolute Gasteiger partial charge is 0.251 e. The molecule has 0 atom stereocenters. The predicted molar refractivity (Wildman–Crippen MR) is 83.1 cm³/mol. The number of amides is 2. The SMILES string of the molecule is CCC(=O)Nc1cccc(C(=O)NC2(CN)CCCC2)c1. The third-order valence-corrected chi connectivity index (χ3v) is 4.06. The Labute approximate surface area is 125 Å². The van der Waals surface area contributed by atoms with E-state index in [4.69, 9.17) is 5.73 Å². The number of nitrogens with one attached hydrogen (secondary N) is 2. The Morgan fingerprint density at radius 3 is 2.62 bits per heavy atom. The molecule has 0 saturated heterocycles. The Kier molecular flexibility index (Phi) is 4.96. The van der Waals surface area contributed by atoms with E-state index in [0.717, 1.165) is 25.7 Å². The van der Waals surface area contributed by atoms with Gasteiger partial charge in [0.25, 0.3) is 5.91 Å². The van der Waals surface area contributed by atoms with E-state index in [1.807, 2.05) is 0 Å². The maximum Gasteiger partial charge on any atom is 0.251 e. The van der Waals surface area contributed by atoms with Gasteiger partial charge in [-0.3, -0.25) is 9.59 Å². The summed E-state index contributed by atoms with van der Waals surface area (Å²) in [7, 11) is 0. The van der Waals surface area contributed by atoms with Gasteiger partial charge in [0.2, 0.25) is 5.91 Å². The lowest BCUT2D eigenvalue weighted by Gasteiger charge is -2.28. The summed E-state index contributed by atoms with van der Waals surface area (Å²) in [5.74, 6) is -0.197. The van der Waals surface area contributed by atoms with E-state index >= 15 is 0 Å². The molecule has 1 aliphatic carbocycles. The third-order valence-electron chi connectivity index (χ3n) is 4.06. The average molecular weight is 289 g/mol. The number of carbonyl (C=O) groups is 2. The number of nitrogens with two attached hydrogens (primary N) is 1. The van der Waals surface area contributed by atoms with E-state index < -0.39 is 0 Å². The molecule has 114 valence electrons. The van der Waals surface area contributed by atoms with Crippen LogP contribution in [0.3, 0.4) is 0 Å². The first-order valence-electron chi connectivity index (χ1n) is 7.51. The second-order valence-corrected chi connectivity index (χ2v) is 5.63. The lowest BCUT2D eigenvalue weighted by molar-refractivity contribution is -0.115. The number of hydrogen-bond acceptors (Lipinski definition) is 3. The normalized spacial score (nSPS) is 16.5. The molecule has 0 heterocycles. The zero-order chi connectivity index (χ0) is 15.3. The van der Waals surface area contributed by atoms with Crippen molar-refractivity contribution in [2.24, 2.45) is 5.73 Å². The highest BCUT2D eigenvalue weighted by atomic mass is 16.2. The molecule has 2 amide bonds. The summed E-state index contributed by atoms with van der Waals surface area (Å²) in [5, 5.41) is 5.84. The molecule has 1 fully saturated rings. The lowest BCUT2D eigenvalue weighted by Crippen LogP contribution is -2.51. The van der Waals surface area contributed by atoms with Crippen LogP contribution >= 0.6 is 0 Å². The van der Waals surface area contributed by atoms with Gasteiger partial charge in [0.05, 0.1) is 5.54 Å². The van der Waals surface area contributed by atoms with Gasteiger partial charge in [-0.25, -0.2) is 0 Å². The summed E-state index contributed by atoms with van der Waals surface area (Å²) >= 11 is 0. The molecule has 0 radical (unpaired) electrons. The summed E-state index contributed by atoms with van der Waals surface area (Å²) in [6.07, 6.45) is 4.48. The fourth-order valence-electron chi connectivity index (χ4n) is 2.73. The summed E-state index contributed by atoms with van der Waals surface area (Å²) in [6, 6.07) is 6.99. The van der Waals surface area contributed by atoms with Gasteiger partial charge in [0.15, 0.2) is 0 Å². The van der Waals surface area contributed by atoms with Crippen LogP contribution in [0.15, 0.2) is 24.3 Å². The van der Waals surface area contributed by atoms with Gasteiger partial charge < -0.3 is 16.4 Å². The topological polar surface area (TPSA) is 84.2 Å². The van der Waals surface area contributed by atoms with Crippen molar-refractivity contribution in [1.29, 1.82) is 0 Å². The van der Waals surface area contributed by atoms with E-state index in [1.165, 1.54) is 0 Å². The fourth-order valence-corrected chi connectivity index (χ4v) is 2.73. The van der Waals surface area contributed by atoms with Crippen molar-refractivity contribution in [1.82, 2.24) is 5.32 Å². The van der Waals surface area contributed by atoms with Crippen molar-refractivity contribution in [3.05, 3.63) is 29.8 Å². The average Bonchev–Trinajstić information content (AvgIpc) is 2.96. The molecule has 4 N–H and O–H groups in total. The van der Waals surface area contributed by atoms with Crippen LogP contribution in [0.25, 0.3) is 0 Å². The molecule has 1 aromatic carbocycles. The molecule has 0 bridgehead atoms. The molecule has 1 aliphatic rings. The Bertz CT molecular complexity index is 522. The van der Waals surface area contributed by atoms with Crippen LogP contribution in [0, 0.1) is 0 Å². The van der Waals surface area contributed by atoms with Crippen molar-refractivity contribution in [3.63, 3.8) is 0 Å². The van der Waals surface area contributed by atoms with Crippen LogP contribution < -0.4 is 16.4 Å². The van der Waals surface area contributed by atoms with Crippen molar-refractivity contribution in [2.75, 3.05) is 11.9 Å². The molecule has 1 saturated carbocycles. The van der Waals surface area contributed by atoms with Crippen molar-refractivity contribution >= 4 is 17.5 Å². The summed E-state index contributed by atoms with van der Waals surface area (Å²) < 4.78 is 0. The highest BCUT2D eigenvalue weighted by Crippen LogP contribution is 2.29. The second-order valence-electron chi connectivity index (χ2n) is 5.63. The predicted octanol–water partition coefficient (Wildman–Crippen LogP) is 2.04. The number of benzene rings is 1. The third kappa shape index (κ3) is 3.82. The fraction of sp³-hybridized carbons (Fsp3) is 0.500. The molecule has 0 spiro atoms. The Balaban J connectivity index is 2.08. The van der Waals surface area contributed by atoms with Crippen molar-refractivity contribution in [2.45, 2.75) is 44.6 Å². The van der Waals surface area contributed by atoms with Gasteiger partial charge in [-0.1, -0.05) is 25.8 Å².